The van der Waals surface area contributed by atoms with E-state index in [9.17, 15) is 14.7 Å². The summed E-state index contributed by atoms with van der Waals surface area (Å²) in [7, 11) is 0. The molecule has 2 fully saturated rings. The van der Waals surface area contributed by atoms with Crippen molar-refractivity contribution in [2.45, 2.75) is 32.1 Å². The van der Waals surface area contributed by atoms with Crippen molar-refractivity contribution < 1.29 is 24.2 Å². The number of aliphatic hydroxyl groups is 1. The van der Waals surface area contributed by atoms with Crippen LogP contribution in [-0.2, 0) is 9.47 Å². The van der Waals surface area contributed by atoms with Crippen LogP contribution in [0.5, 0.6) is 0 Å². The van der Waals surface area contributed by atoms with Crippen molar-refractivity contribution in [3.63, 3.8) is 0 Å². The molecule has 2 saturated heterocycles. The van der Waals surface area contributed by atoms with Crippen LogP contribution in [-0.4, -0.2) is 64.7 Å². The van der Waals surface area contributed by atoms with Gasteiger partial charge in [-0.1, -0.05) is 0 Å². The summed E-state index contributed by atoms with van der Waals surface area (Å²) in [5.41, 5.74) is -1.65. The van der Waals surface area contributed by atoms with Crippen molar-refractivity contribution >= 4 is 12.2 Å². The molecule has 2 aliphatic heterocycles. The van der Waals surface area contributed by atoms with Gasteiger partial charge >= 0.3 is 12.2 Å². The molecule has 18 heavy (non-hydrogen) atoms. The Balaban J connectivity index is 2.01. The van der Waals surface area contributed by atoms with E-state index >= 15 is 0 Å². The lowest BCUT2D eigenvalue weighted by atomic mass is 10.1. The lowest BCUT2D eigenvalue weighted by molar-refractivity contribution is -0.229. The highest BCUT2D eigenvalue weighted by atomic mass is 16.6. The van der Waals surface area contributed by atoms with Gasteiger partial charge in [-0.05, 0) is 20.8 Å². The molecule has 1 N–H and O–H groups in total. The summed E-state index contributed by atoms with van der Waals surface area (Å²) >= 11 is 0. The standard InChI is InChI=1S/C11H18N2O5/c1-10(2,3)17-8(15)12-4-5-13-9(16)18-11(13,6-12)7-14/h14H,4-7H2,1-3H3. The Morgan fingerprint density at radius 1 is 1.50 bits per heavy atom. The molecule has 7 heteroatoms. The molecule has 0 aromatic heterocycles. The van der Waals surface area contributed by atoms with E-state index in [4.69, 9.17) is 9.47 Å². The van der Waals surface area contributed by atoms with Gasteiger partial charge in [-0.2, -0.15) is 0 Å². The summed E-state index contributed by atoms with van der Waals surface area (Å²) in [5, 5.41) is 9.32. The van der Waals surface area contributed by atoms with Gasteiger partial charge in [-0.25, -0.2) is 9.59 Å². The van der Waals surface area contributed by atoms with Gasteiger partial charge in [-0.15, -0.1) is 0 Å². The van der Waals surface area contributed by atoms with Crippen molar-refractivity contribution in [1.82, 2.24) is 9.80 Å². The average molecular weight is 258 g/mol. The number of aliphatic hydroxyl groups excluding tert-OH is 1. The fourth-order valence-corrected chi connectivity index (χ4v) is 2.06. The number of nitrogens with zero attached hydrogens (tertiary/aromatic N) is 2. The van der Waals surface area contributed by atoms with E-state index in [1.165, 1.54) is 9.80 Å². The van der Waals surface area contributed by atoms with Gasteiger partial charge in [0.15, 0.2) is 0 Å². The minimum atomic E-state index is -1.08. The number of ether oxygens (including phenoxy) is 2. The van der Waals surface area contributed by atoms with Gasteiger partial charge in [0.2, 0.25) is 5.72 Å². The lowest BCUT2D eigenvalue weighted by Crippen LogP contribution is -2.76. The minimum Gasteiger partial charge on any atom is -0.444 e. The topological polar surface area (TPSA) is 79.3 Å². The summed E-state index contributed by atoms with van der Waals surface area (Å²) in [4.78, 5) is 26.0. The molecule has 1 unspecified atom stereocenters. The van der Waals surface area contributed by atoms with Crippen molar-refractivity contribution in [2.24, 2.45) is 0 Å². The Bertz CT molecular complexity index is 378. The Morgan fingerprint density at radius 2 is 2.17 bits per heavy atom. The Hall–Kier alpha value is -1.50. The smallest absolute Gasteiger partial charge is 0.415 e. The number of carbonyl (C=O) groups is 2. The van der Waals surface area contributed by atoms with Crippen LogP contribution in [0.2, 0.25) is 0 Å². The second-order valence-electron chi connectivity index (χ2n) is 5.53. The van der Waals surface area contributed by atoms with Crippen LogP contribution >= 0.6 is 0 Å². The predicted octanol–water partition coefficient (Wildman–Crippen LogP) is 0.378. The minimum absolute atomic E-state index is 0.129. The first-order chi connectivity index (χ1) is 8.27. The molecule has 0 saturated carbocycles. The maximum atomic E-state index is 11.9. The number of fused-ring (bicyclic) bond motifs is 1. The molecule has 2 rings (SSSR count). The molecular formula is C11H18N2O5. The summed E-state index contributed by atoms with van der Waals surface area (Å²) in [6, 6.07) is 0. The third-order valence-electron chi connectivity index (χ3n) is 2.92. The molecule has 0 radical (unpaired) electrons. The third kappa shape index (κ3) is 2.10. The number of carbonyl (C=O) groups excluding carboxylic acids is 2. The number of rotatable bonds is 1. The first-order valence-corrected chi connectivity index (χ1v) is 5.87. The summed E-state index contributed by atoms with van der Waals surface area (Å²) < 4.78 is 10.2. The highest BCUT2D eigenvalue weighted by molar-refractivity contribution is 5.76. The van der Waals surface area contributed by atoms with E-state index in [1.807, 2.05) is 0 Å². The average Bonchev–Trinajstić information content (AvgIpc) is 2.24. The summed E-state index contributed by atoms with van der Waals surface area (Å²) in [6.07, 6.45) is -0.911. The number of hydrogen-bond acceptors (Lipinski definition) is 5. The zero-order valence-corrected chi connectivity index (χ0v) is 10.8. The molecule has 0 aromatic rings. The Kier molecular flexibility index (Phi) is 2.89. The van der Waals surface area contributed by atoms with E-state index < -0.39 is 23.5 Å². The largest absolute Gasteiger partial charge is 0.444 e. The van der Waals surface area contributed by atoms with E-state index in [0.717, 1.165) is 0 Å². The molecule has 102 valence electrons. The van der Waals surface area contributed by atoms with Crippen LogP contribution in [0.15, 0.2) is 0 Å². The van der Waals surface area contributed by atoms with E-state index in [-0.39, 0.29) is 13.2 Å². The second kappa shape index (κ2) is 4.01. The highest BCUT2D eigenvalue weighted by Crippen LogP contribution is 2.33. The molecule has 2 heterocycles. The Morgan fingerprint density at radius 3 is 2.67 bits per heavy atom. The van der Waals surface area contributed by atoms with Gasteiger partial charge in [0.05, 0.1) is 6.54 Å². The third-order valence-corrected chi connectivity index (χ3v) is 2.92. The molecular weight excluding hydrogens is 240 g/mol. The molecule has 1 atom stereocenters. The van der Waals surface area contributed by atoms with Crippen molar-refractivity contribution in [3.05, 3.63) is 0 Å². The summed E-state index contributed by atoms with van der Waals surface area (Å²) in [5.74, 6) is 0. The van der Waals surface area contributed by atoms with Crippen molar-refractivity contribution in [2.75, 3.05) is 26.2 Å². The molecule has 0 bridgehead atoms. The van der Waals surface area contributed by atoms with E-state index in [1.54, 1.807) is 20.8 Å². The predicted molar refractivity (Wildman–Crippen MR) is 60.8 cm³/mol. The van der Waals surface area contributed by atoms with Crippen LogP contribution in [0.25, 0.3) is 0 Å². The Labute approximate surface area is 105 Å². The van der Waals surface area contributed by atoms with Crippen molar-refractivity contribution in [3.8, 4) is 0 Å². The highest BCUT2D eigenvalue weighted by Gasteiger charge is 2.57. The number of piperazine rings is 1. The monoisotopic (exact) mass is 258 g/mol. The van der Waals surface area contributed by atoms with Crippen LogP contribution in [0, 0.1) is 0 Å². The molecule has 0 aliphatic carbocycles. The zero-order valence-electron chi connectivity index (χ0n) is 10.8. The van der Waals surface area contributed by atoms with E-state index in [2.05, 4.69) is 0 Å². The second-order valence-corrected chi connectivity index (χ2v) is 5.53. The van der Waals surface area contributed by atoms with Gasteiger partial charge in [0.1, 0.15) is 12.2 Å². The maximum absolute atomic E-state index is 11.9. The van der Waals surface area contributed by atoms with E-state index in [0.29, 0.717) is 13.1 Å². The van der Waals surface area contributed by atoms with Crippen LogP contribution in [0.4, 0.5) is 9.59 Å². The van der Waals surface area contributed by atoms with Crippen LogP contribution < -0.4 is 0 Å². The van der Waals surface area contributed by atoms with Crippen LogP contribution in [0.3, 0.4) is 0 Å². The number of amides is 2. The van der Waals surface area contributed by atoms with Crippen LogP contribution in [0.1, 0.15) is 20.8 Å². The molecule has 0 aromatic carbocycles. The first kappa shape index (κ1) is 12.9. The van der Waals surface area contributed by atoms with Gasteiger partial charge in [0.25, 0.3) is 0 Å². The lowest BCUT2D eigenvalue weighted by Gasteiger charge is -2.54. The molecule has 2 amide bonds. The normalized spacial score (nSPS) is 27.2. The van der Waals surface area contributed by atoms with Gasteiger partial charge < -0.3 is 19.5 Å². The quantitative estimate of drug-likeness (QED) is 0.735. The van der Waals surface area contributed by atoms with Gasteiger partial charge in [-0.3, -0.25) is 4.90 Å². The molecule has 2 aliphatic rings. The number of hydrogen-bond donors (Lipinski definition) is 1. The van der Waals surface area contributed by atoms with Crippen molar-refractivity contribution in [1.29, 1.82) is 0 Å². The first-order valence-electron chi connectivity index (χ1n) is 5.87. The maximum Gasteiger partial charge on any atom is 0.415 e. The van der Waals surface area contributed by atoms with Gasteiger partial charge in [0, 0.05) is 13.1 Å². The molecule has 7 nitrogen and oxygen atoms in total. The summed E-state index contributed by atoms with van der Waals surface area (Å²) in [6.45, 7) is 5.87. The SMILES string of the molecule is CC(C)(C)OC(=O)N1CCN2C(=O)OC2(CO)C1. The molecule has 0 spiro atoms. The fraction of sp³-hybridized carbons (Fsp3) is 0.818. The fourth-order valence-electron chi connectivity index (χ4n) is 2.06. The zero-order chi connectivity index (χ0) is 13.6.